The maximum absolute atomic E-state index is 12.2. The van der Waals surface area contributed by atoms with Crippen LogP contribution < -0.4 is 0 Å². The topological polar surface area (TPSA) is 91.2 Å². The first-order valence-corrected chi connectivity index (χ1v) is 8.35. The predicted molar refractivity (Wildman–Crippen MR) is 96.6 cm³/mol. The molecule has 0 aliphatic carbocycles. The fourth-order valence-electron chi connectivity index (χ4n) is 2.63. The van der Waals surface area contributed by atoms with Gasteiger partial charge in [-0.2, -0.15) is 0 Å². The number of carbonyl (C=O) groups is 1. The lowest BCUT2D eigenvalue weighted by Gasteiger charge is -2.01. The highest BCUT2D eigenvalue weighted by Crippen LogP contribution is 2.37. The second kappa shape index (κ2) is 7.25. The maximum Gasteiger partial charge on any atom is 0.361 e. The van der Waals surface area contributed by atoms with Crippen molar-refractivity contribution < 1.29 is 18.4 Å². The Kier molecular flexibility index (Phi) is 4.49. The van der Waals surface area contributed by atoms with Crippen LogP contribution in [-0.4, -0.2) is 27.5 Å². The van der Waals surface area contributed by atoms with Gasteiger partial charge < -0.3 is 13.6 Å². The number of oxazole rings is 2. The lowest BCUT2D eigenvalue weighted by atomic mass is 10.1. The third kappa shape index (κ3) is 3.22. The lowest BCUT2D eigenvalue weighted by molar-refractivity contribution is 0.0520. The van der Waals surface area contributed by atoms with Crippen LogP contribution in [0.4, 0.5) is 0 Å². The van der Waals surface area contributed by atoms with Gasteiger partial charge in [0.15, 0.2) is 29.3 Å². The van der Waals surface area contributed by atoms with Gasteiger partial charge in [0.1, 0.15) is 0 Å². The molecule has 0 aliphatic rings. The zero-order chi connectivity index (χ0) is 18.6. The molecular weight excluding hydrogens is 346 g/mol. The molecule has 0 amide bonds. The molecule has 0 aliphatic heterocycles. The van der Waals surface area contributed by atoms with E-state index in [0.29, 0.717) is 22.9 Å². The summed E-state index contributed by atoms with van der Waals surface area (Å²) in [5.74, 6) is 0.445. The van der Waals surface area contributed by atoms with E-state index in [1.165, 1.54) is 6.39 Å². The van der Waals surface area contributed by atoms with Crippen molar-refractivity contribution in [2.45, 2.75) is 6.92 Å². The van der Waals surface area contributed by atoms with Gasteiger partial charge in [0, 0.05) is 23.5 Å². The Morgan fingerprint density at radius 1 is 1.07 bits per heavy atom. The molecular formula is C20H15N3O4. The van der Waals surface area contributed by atoms with Crippen molar-refractivity contribution in [1.82, 2.24) is 15.0 Å². The maximum atomic E-state index is 12.2. The molecule has 4 rings (SSSR count). The molecule has 0 fully saturated rings. The molecule has 0 saturated heterocycles. The minimum atomic E-state index is -0.581. The SMILES string of the molecule is CCOC(=O)c1ncoc1-c1nc(-c2ccccc2)oc1-c1cccnc1. The largest absolute Gasteiger partial charge is 0.461 e. The number of benzene rings is 1. The van der Waals surface area contributed by atoms with Gasteiger partial charge in [-0.15, -0.1) is 0 Å². The van der Waals surface area contributed by atoms with Crippen LogP contribution in [0.15, 0.2) is 70.1 Å². The smallest absolute Gasteiger partial charge is 0.361 e. The van der Waals surface area contributed by atoms with E-state index in [9.17, 15) is 4.79 Å². The second-order valence-corrected chi connectivity index (χ2v) is 5.56. The van der Waals surface area contributed by atoms with Crippen molar-refractivity contribution in [2.24, 2.45) is 0 Å². The van der Waals surface area contributed by atoms with Crippen LogP contribution in [0.5, 0.6) is 0 Å². The van der Waals surface area contributed by atoms with E-state index in [0.717, 1.165) is 5.56 Å². The minimum Gasteiger partial charge on any atom is -0.461 e. The monoisotopic (exact) mass is 361 g/mol. The quantitative estimate of drug-likeness (QED) is 0.491. The molecule has 0 saturated carbocycles. The molecule has 0 atom stereocenters. The molecule has 0 unspecified atom stereocenters. The first kappa shape index (κ1) is 16.7. The van der Waals surface area contributed by atoms with Gasteiger partial charge in [0.25, 0.3) is 0 Å². The third-order valence-electron chi connectivity index (χ3n) is 3.82. The Balaban J connectivity index is 1.89. The molecule has 3 heterocycles. The number of hydrogen-bond donors (Lipinski definition) is 0. The van der Waals surface area contributed by atoms with Gasteiger partial charge in [-0.05, 0) is 31.2 Å². The molecule has 0 bridgehead atoms. The van der Waals surface area contributed by atoms with Crippen molar-refractivity contribution in [3.05, 3.63) is 66.9 Å². The van der Waals surface area contributed by atoms with Crippen LogP contribution in [0.2, 0.25) is 0 Å². The number of nitrogens with zero attached hydrogens (tertiary/aromatic N) is 3. The summed E-state index contributed by atoms with van der Waals surface area (Å²) in [5, 5.41) is 0. The minimum absolute atomic E-state index is 0.0508. The number of rotatable bonds is 5. The van der Waals surface area contributed by atoms with Gasteiger partial charge >= 0.3 is 5.97 Å². The number of pyridine rings is 1. The third-order valence-corrected chi connectivity index (χ3v) is 3.82. The summed E-state index contributed by atoms with van der Waals surface area (Å²) < 4.78 is 16.5. The van der Waals surface area contributed by atoms with Crippen molar-refractivity contribution in [2.75, 3.05) is 6.61 Å². The van der Waals surface area contributed by atoms with Crippen LogP contribution in [-0.2, 0) is 4.74 Å². The van der Waals surface area contributed by atoms with E-state index in [2.05, 4.69) is 15.0 Å². The highest BCUT2D eigenvalue weighted by molar-refractivity contribution is 5.95. The summed E-state index contributed by atoms with van der Waals surface area (Å²) in [6.45, 7) is 1.96. The number of carbonyl (C=O) groups excluding carboxylic acids is 1. The summed E-state index contributed by atoms with van der Waals surface area (Å²) in [4.78, 5) is 24.9. The van der Waals surface area contributed by atoms with Gasteiger partial charge in [0.05, 0.1) is 6.61 Å². The zero-order valence-corrected chi connectivity index (χ0v) is 14.5. The average Bonchev–Trinajstić information content (AvgIpc) is 3.36. The van der Waals surface area contributed by atoms with Gasteiger partial charge in [-0.3, -0.25) is 4.98 Å². The van der Waals surface area contributed by atoms with E-state index in [1.54, 1.807) is 25.4 Å². The van der Waals surface area contributed by atoms with E-state index in [1.807, 2.05) is 36.4 Å². The van der Waals surface area contributed by atoms with Gasteiger partial charge in [-0.25, -0.2) is 14.8 Å². The molecule has 3 aromatic heterocycles. The van der Waals surface area contributed by atoms with E-state index in [-0.39, 0.29) is 18.1 Å². The molecule has 1 aromatic carbocycles. The van der Waals surface area contributed by atoms with Gasteiger partial charge in [0.2, 0.25) is 5.89 Å². The van der Waals surface area contributed by atoms with Crippen molar-refractivity contribution in [3.8, 4) is 34.2 Å². The Bertz CT molecular complexity index is 1060. The average molecular weight is 361 g/mol. The predicted octanol–water partition coefficient (Wildman–Crippen LogP) is 4.24. The van der Waals surface area contributed by atoms with Crippen LogP contribution in [0, 0.1) is 0 Å². The molecule has 0 radical (unpaired) electrons. The molecule has 0 spiro atoms. The summed E-state index contributed by atoms with van der Waals surface area (Å²) in [7, 11) is 0. The molecule has 7 heteroatoms. The van der Waals surface area contributed by atoms with E-state index >= 15 is 0 Å². The Labute approximate surface area is 154 Å². The molecule has 7 nitrogen and oxygen atoms in total. The summed E-state index contributed by atoms with van der Waals surface area (Å²) in [6.07, 6.45) is 4.50. The molecule has 134 valence electrons. The van der Waals surface area contributed by atoms with Crippen molar-refractivity contribution >= 4 is 5.97 Å². The molecule has 0 N–H and O–H groups in total. The Morgan fingerprint density at radius 2 is 1.89 bits per heavy atom. The Morgan fingerprint density at radius 3 is 2.63 bits per heavy atom. The van der Waals surface area contributed by atoms with Crippen LogP contribution in [0.1, 0.15) is 17.4 Å². The fraction of sp³-hybridized carbons (Fsp3) is 0.100. The highest BCUT2D eigenvalue weighted by Gasteiger charge is 2.27. The first-order chi connectivity index (χ1) is 13.3. The van der Waals surface area contributed by atoms with Gasteiger partial charge in [-0.1, -0.05) is 18.2 Å². The van der Waals surface area contributed by atoms with E-state index < -0.39 is 5.97 Å². The van der Waals surface area contributed by atoms with E-state index in [4.69, 9.17) is 13.6 Å². The number of esters is 1. The van der Waals surface area contributed by atoms with Crippen LogP contribution in [0.25, 0.3) is 34.2 Å². The summed E-state index contributed by atoms with van der Waals surface area (Å²) >= 11 is 0. The summed E-state index contributed by atoms with van der Waals surface area (Å²) in [5.41, 5.74) is 1.91. The molecule has 4 aromatic rings. The first-order valence-electron chi connectivity index (χ1n) is 8.35. The van der Waals surface area contributed by atoms with Crippen molar-refractivity contribution in [3.63, 3.8) is 0 Å². The molecule has 27 heavy (non-hydrogen) atoms. The standard InChI is InChI=1S/C20H15N3O4/c1-2-25-20(24)16-18(26-12-22-16)15-17(14-9-6-10-21-11-14)27-19(23-15)13-7-4-3-5-8-13/h3-12H,2H2,1H3. The fourth-order valence-corrected chi connectivity index (χ4v) is 2.63. The van der Waals surface area contributed by atoms with Crippen molar-refractivity contribution in [1.29, 1.82) is 0 Å². The number of aromatic nitrogens is 3. The zero-order valence-electron chi connectivity index (χ0n) is 14.5. The Hall–Kier alpha value is -3.74. The number of ether oxygens (including phenoxy) is 1. The second-order valence-electron chi connectivity index (χ2n) is 5.56. The van der Waals surface area contributed by atoms with Crippen LogP contribution >= 0.6 is 0 Å². The normalized spacial score (nSPS) is 10.7. The summed E-state index contributed by atoms with van der Waals surface area (Å²) in [6, 6.07) is 13.1. The number of hydrogen-bond acceptors (Lipinski definition) is 7. The lowest BCUT2D eigenvalue weighted by Crippen LogP contribution is -2.06. The highest BCUT2D eigenvalue weighted by atomic mass is 16.5. The van der Waals surface area contributed by atoms with Crippen LogP contribution in [0.3, 0.4) is 0 Å².